The van der Waals surface area contributed by atoms with Crippen LogP contribution in [0.1, 0.15) is 25.3 Å². The number of nitrogens with one attached hydrogen (secondary N) is 1. The maximum absolute atomic E-state index is 5.75. The Balaban J connectivity index is 1.78. The molecule has 1 aromatic rings. The molecule has 0 amide bonds. The minimum absolute atomic E-state index is 0.458. The van der Waals surface area contributed by atoms with Crippen LogP contribution >= 0.6 is 0 Å². The Hall–Kier alpha value is -1.02. The molecular weight excluding hydrogens is 184 g/mol. The highest BCUT2D eigenvalue weighted by Crippen LogP contribution is 2.25. The molecule has 0 atom stereocenters. The molecule has 1 aromatic carbocycles. The van der Waals surface area contributed by atoms with Crippen LogP contribution in [0.3, 0.4) is 0 Å². The molecule has 0 aliphatic heterocycles. The number of aryl methyl sites for hydroxylation is 1. The van der Waals surface area contributed by atoms with Gasteiger partial charge in [0.1, 0.15) is 0 Å². The van der Waals surface area contributed by atoms with Gasteiger partial charge in [-0.25, -0.2) is 0 Å². The first kappa shape index (κ1) is 10.5. The topological polar surface area (TPSA) is 38.0 Å². The average Bonchev–Trinajstić information content (AvgIpc) is 2.23. The first-order valence-corrected chi connectivity index (χ1v) is 5.86. The molecule has 2 nitrogen and oxygen atoms in total. The molecule has 0 aromatic heterocycles. The summed E-state index contributed by atoms with van der Waals surface area (Å²) in [5.41, 5.74) is 8.37. The summed E-state index contributed by atoms with van der Waals surface area (Å²) in [5.74, 6) is 0.783. The average molecular weight is 204 g/mol. The van der Waals surface area contributed by atoms with Crippen LogP contribution in [0.5, 0.6) is 0 Å². The zero-order valence-electron chi connectivity index (χ0n) is 9.37. The smallest absolute Gasteiger partial charge is 0.0340 e. The third kappa shape index (κ3) is 2.72. The number of hydrogen-bond acceptors (Lipinski definition) is 2. The molecule has 3 N–H and O–H groups in total. The van der Waals surface area contributed by atoms with Crippen LogP contribution in [0.2, 0.25) is 0 Å². The molecule has 82 valence electrons. The summed E-state index contributed by atoms with van der Waals surface area (Å²) in [6, 6.07) is 9.16. The minimum atomic E-state index is 0.458. The van der Waals surface area contributed by atoms with E-state index in [1.807, 2.05) is 0 Å². The van der Waals surface area contributed by atoms with Gasteiger partial charge in [0.2, 0.25) is 0 Å². The fourth-order valence-electron chi connectivity index (χ4n) is 2.07. The van der Waals surface area contributed by atoms with E-state index in [0.29, 0.717) is 6.04 Å². The van der Waals surface area contributed by atoms with Gasteiger partial charge in [-0.1, -0.05) is 19.1 Å². The second-order valence-corrected chi connectivity index (χ2v) is 4.53. The van der Waals surface area contributed by atoms with E-state index in [0.717, 1.165) is 18.9 Å². The van der Waals surface area contributed by atoms with Gasteiger partial charge >= 0.3 is 0 Å². The van der Waals surface area contributed by atoms with Crippen molar-refractivity contribution in [2.75, 3.05) is 11.9 Å². The van der Waals surface area contributed by atoms with Crippen molar-refractivity contribution in [3.05, 3.63) is 29.8 Å². The van der Waals surface area contributed by atoms with Gasteiger partial charge in [0.25, 0.3) is 0 Å². The number of hydrogen-bond donors (Lipinski definition) is 2. The maximum atomic E-state index is 5.75. The van der Waals surface area contributed by atoms with Crippen molar-refractivity contribution >= 4 is 5.69 Å². The molecule has 1 aliphatic rings. The van der Waals surface area contributed by atoms with E-state index < -0.39 is 0 Å². The summed E-state index contributed by atoms with van der Waals surface area (Å²) in [5, 5.41) is 3.46. The normalized spacial score (nSPS) is 24.7. The fraction of sp³-hybridized carbons (Fsp3) is 0.538. The van der Waals surface area contributed by atoms with Crippen molar-refractivity contribution in [1.82, 2.24) is 0 Å². The highest BCUT2D eigenvalue weighted by atomic mass is 14.9. The van der Waals surface area contributed by atoms with Crippen LogP contribution in [0, 0.1) is 5.92 Å². The first-order valence-electron chi connectivity index (χ1n) is 5.86. The number of anilines is 1. The molecule has 0 radical (unpaired) electrons. The molecule has 0 bridgehead atoms. The maximum Gasteiger partial charge on any atom is 0.0340 e. The largest absolute Gasteiger partial charge is 0.385 e. The summed E-state index contributed by atoms with van der Waals surface area (Å²) in [6.07, 6.45) is 3.47. The molecule has 0 unspecified atom stereocenters. The van der Waals surface area contributed by atoms with Gasteiger partial charge in [0, 0.05) is 18.3 Å². The predicted molar refractivity (Wildman–Crippen MR) is 65.0 cm³/mol. The van der Waals surface area contributed by atoms with Crippen LogP contribution < -0.4 is 11.1 Å². The van der Waals surface area contributed by atoms with E-state index in [2.05, 4.69) is 36.5 Å². The first-order chi connectivity index (χ1) is 7.28. The van der Waals surface area contributed by atoms with Crippen LogP contribution in [0.15, 0.2) is 24.3 Å². The molecule has 15 heavy (non-hydrogen) atoms. The monoisotopic (exact) mass is 204 g/mol. The van der Waals surface area contributed by atoms with Gasteiger partial charge in [-0.2, -0.15) is 0 Å². The Labute approximate surface area is 91.9 Å². The summed E-state index contributed by atoms with van der Waals surface area (Å²) in [6.45, 7) is 3.25. The Morgan fingerprint density at radius 2 is 1.93 bits per heavy atom. The Bertz CT molecular complexity index is 299. The van der Waals surface area contributed by atoms with Gasteiger partial charge in [-0.3, -0.25) is 0 Å². The standard InChI is InChI=1S/C13H20N2/c1-2-10-3-5-13(6-4-10)15-9-11-7-12(14)8-11/h3-6,11-12,15H,2,7-9,14H2,1H3. The number of nitrogens with two attached hydrogens (primary N) is 1. The van der Waals surface area contributed by atoms with Crippen LogP contribution in [-0.2, 0) is 6.42 Å². The highest BCUT2D eigenvalue weighted by Gasteiger charge is 2.25. The molecule has 2 rings (SSSR count). The number of benzene rings is 1. The van der Waals surface area contributed by atoms with Crippen LogP contribution in [0.4, 0.5) is 5.69 Å². The quantitative estimate of drug-likeness (QED) is 0.790. The van der Waals surface area contributed by atoms with Gasteiger partial charge < -0.3 is 11.1 Å². The lowest BCUT2D eigenvalue weighted by Crippen LogP contribution is -2.39. The lowest BCUT2D eigenvalue weighted by Gasteiger charge is -2.32. The summed E-state index contributed by atoms with van der Waals surface area (Å²) in [7, 11) is 0. The van der Waals surface area contributed by atoms with Gasteiger partial charge in [-0.15, -0.1) is 0 Å². The molecular formula is C13H20N2. The molecule has 0 heterocycles. The van der Waals surface area contributed by atoms with E-state index in [-0.39, 0.29) is 0 Å². The Morgan fingerprint density at radius 3 is 2.47 bits per heavy atom. The summed E-state index contributed by atoms with van der Waals surface area (Å²) < 4.78 is 0. The fourth-order valence-corrected chi connectivity index (χ4v) is 2.07. The molecule has 1 saturated carbocycles. The molecule has 2 heteroatoms. The second kappa shape index (κ2) is 4.67. The van der Waals surface area contributed by atoms with Gasteiger partial charge in [-0.05, 0) is 42.9 Å². The molecule has 0 spiro atoms. The van der Waals surface area contributed by atoms with Crippen LogP contribution in [0.25, 0.3) is 0 Å². The van der Waals surface area contributed by atoms with Crippen molar-refractivity contribution in [1.29, 1.82) is 0 Å². The lowest BCUT2D eigenvalue weighted by atomic mass is 9.81. The lowest BCUT2D eigenvalue weighted by molar-refractivity contribution is 0.280. The summed E-state index contributed by atoms with van der Waals surface area (Å²) in [4.78, 5) is 0. The van der Waals surface area contributed by atoms with E-state index in [9.17, 15) is 0 Å². The Morgan fingerprint density at radius 1 is 1.27 bits per heavy atom. The van der Waals surface area contributed by atoms with E-state index in [1.54, 1.807) is 0 Å². The zero-order chi connectivity index (χ0) is 10.7. The molecule has 0 saturated heterocycles. The third-order valence-corrected chi connectivity index (χ3v) is 3.23. The van der Waals surface area contributed by atoms with Crippen molar-refractivity contribution in [2.45, 2.75) is 32.2 Å². The van der Waals surface area contributed by atoms with Crippen molar-refractivity contribution in [3.63, 3.8) is 0 Å². The van der Waals surface area contributed by atoms with Crippen LogP contribution in [-0.4, -0.2) is 12.6 Å². The van der Waals surface area contributed by atoms with Crippen molar-refractivity contribution in [3.8, 4) is 0 Å². The van der Waals surface area contributed by atoms with Gasteiger partial charge in [0.05, 0.1) is 0 Å². The van der Waals surface area contributed by atoms with Gasteiger partial charge in [0.15, 0.2) is 0 Å². The van der Waals surface area contributed by atoms with Crippen molar-refractivity contribution in [2.24, 2.45) is 11.7 Å². The van der Waals surface area contributed by atoms with E-state index in [4.69, 9.17) is 5.73 Å². The second-order valence-electron chi connectivity index (χ2n) is 4.53. The van der Waals surface area contributed by atoms with E-state index >= 15 is 0 Å². The Kier molecular flexibility index (Phi) is 3.27. The minimum Gasteiger partial charge on any atom is -0.385 e. The zero-order valence-corrected chi connectivity index (χ0v) is 9.37. The highest BCUT2D eigenvalue weighted by molar-refractivity contribution is 5.44. The third-order valence-electron chi connectivity index (χ3n) is 3.23. The van der Waals surface area contributed by atoms with E-state index in [1.165, 1.54) is 24.1 Å². The molecule has 1 aliphatic carbocycles. The van der Waals surface area contributed by atoms with Crippen molar-refractivity contribution < 1.29 is 0 Å². The molecule has 1 fully saturated rings. The SMILES string of the molecule is CCc1ccc(NCC2CC(N)C2)cc1. The summed E-state index contributed by atoms with van der Waals surface area (Å²) >= 11 is 0. The predicted octanol–water partition coefficient (Wildman–Crippen LogP) is 2.40. The number of rotatable bonds is 4.